The zero-order valence-corrected chi connectivity index (χ0v) is 17.1. The van der Waals surface area contributed by atoms with Gasteiger partial charge in [-0.3, -0.25) is 0 Å². The van der Waals surface area contributed by atoms with E-state index in [1.807, 2.05) is 13.8 Å². The van der Waals surface area contributed by atoms with Gasteiger partial charge >= 0.3 is 5.51 Å². The molecule has 2 unspecified atom stereocenters. The maximum Gasteiger partial charge on any atom is 0.501 e. The number of anilines is 2. The molecule has 0 spiro atoms. The SMILES string of the molecule is CC1CN(c2ccc(CNc3ccc(F)cc3S(=O)(=O)C(F)(F)F)cn2)CC(C)O1. The number of hydrogen-bond acceptors (Lipinski definition) is 6. The van der Waals surface area contributed by atoms with E-state index in [0.29, 0.717) is 24.7 Å². The van der Waals surface area contributed by atoms with Crippen molar-refractivity contribution in [3.05, 3.63) is 47.9 Å². The number of rotatable bonds is 5. The summed E-state index contributed by atoms with van der Waals surface area (Å²) in [5, 5.41) is 2.63. The van der Waals surface area contributed by atoms with Crippen LogP contribution in [0.3, 0.4) is 0 Å². The minimum Gasteiger partial charge on any atom is -0.380 e. The molecule has 6 nitrogen and oxygen atoms in total. The molecule has 0 aliphatic carbocycles. The van der Waals surface area contributed by atoms with Crippen molar-refractivity contribution >= 4 is 21.3 Å². The zero-order valence-electron chi connectivity index (χ0n) is 16.3. The lowest BCUT2D eigenvalue weighted by Crippen LogP contribution is -2.45. The van der Waals surface area contributed by atoms with Gasteiger partial charge in [-0.05, 0) is 43.7 Å². The lowest BCUT2D eigenvalue weighted by molar-refractivity contribution is -0.0435. The Hall–Kier alpha value is -2.40. The van der Waals surface area contributed by atoms with Crippen LogP contribution in [-0.4, -0.2) is 44.2 Å². The Labute approximate surface area is 171 Å². The lowest BCUT2D eigenvalue weighted by atomic mass is 10.2. The molecule has 0 saturated carbocycles. The standard InChI is InChI=1S/C19H21F4N3O3S/c1-12-10-26(11-13(2)29-12)18-6-3-14(9-25-18)8-24-16-5-4-15(20)7-17(16)30(27,28)19(21,22)23/h3-7,9,12-13,24H,8,10-11H2,1-2H3. The molecule has 2 heterocycles. The van der Waals surface area contributed by atoms with Gasteiger partial charge in [0.05, 0.1) is 17.9 Å². The molecule has 1 aliphatic rings. The van der Waals surface area contributed by atoms with Crippen molar-refractivity contribution in [1.82, 2.24) is 4.98 Å². The van der Waals surface area contributed by atoms with E-state index < -0.39 is 26.1 Å². The highest BCUT2D eigenvalue weighted by molar-refractivity contribution is 7.92. The number of ether oxygens (including phenoxy) is 1. The molecule has 1 saturated heterocycles. The van der Waals surface area contributed by atoms with Crippen molar-refractivity contribution in [3.63, 3.8) is 0 Å². The van der Waals surface area contributed by atoms with Crippen LogP contribution < -0.4 is 10.2 Å². The number of aromatic nitrogens is 1. The van der Waals surface area contributed by atoms with Crippen molar-refractivity contribution < 1.29 is 30.7 Å². The van der Waals surface area contributed by atoms with Crippen LogP contribution in [0.5, 0.6) is 0 Å². The summed E-state index contributed by atoms with van der Waals surface area (Å²) in [4.78, 5) is 5.30. The van der Waals surface area contributed by atoms with Crippen LogP contribution in [0, 0.1) is 5.82 Å². The highest BCUT2D eigenvalue weighted by atomic mass is 32.2. The fraction of sp³-hybridized carbons (Fsp3) is 0.421. The van der Waals surface area contributed by atoms with Crippen LogP contribution in [0.1, 0.15) is 19.4 Å². The molecule has 30 heavy (non-hydrogen) atoms. The second kappa shape index (κ2) is 8.38. The molecule has 0 bridgehead atoms. The molecule has 1 fully saturated rings. The van der Waals surface area contributed by atoms with Crippen molar-refractivity contribution in [2.45, 2.75) is 43.0 Å². The molecule has 2 aromatic rings. The molecule has 0 radical (unpaired) electrons. The maximum atomic E-state index is 13.4. The summed E-state index contributed by atoms with van der Waals surface area (Å²) in [7, 11) is -5.70. The van der Waals surface area contributed by atoms with Gasteiger partial charge in [-0.25, -0.2) is 17.8 Å². The van der Waals surface area contributed by atoms with Crippen molar-refractivity contribution in [2.24, 2.45) is 0 Å². The first kappa shape index (κ1) is 22.3. The van der Waals surface area contributed by atoms with Crippen LogP contribution in [0.4, 0.5) is 29.1 Å². The van der Waals surface area contributed by atoms with Crippen LogP contribution >= 0.6 is 0 Å². The van der Waals surface area contributed by atoms with Crippen molar-refractivity contribution in [1.29, 1.82) is 0 Å². The summed E-state index contributed by atoms with van der Waals surface area (Å²) in [6.45, 7) is 5.31. The topological polar surface area (TPSA) is 71.5 Å². The zero-order chi connectivity index (χ0) is 22.1. The van der Waals surface area contributed by atoms with E-state index in [1.165, 1.54) is 0 Å². The second-order valence-corrected chi connectivity index (χ2v) is 9.04. The predicted molar refractivity (Wildman–Crippen MR) is 103 cm³/mol. The Morgan fingerprint density at radius 1 is 1.17 bits per heavy atom. The molecule has 1 aromatic carbocycles. The van der Waals surface area contributed by atoms with E-state index in [4.69, 9.17) is 4.74 Å². The van der Waals surface area contributed by atoms with E-state index in [0.717, 1.165) is 18.0 Å². The number of alkyl halides is 3. The summed E-state index contributed by atoms with van der Waals surface area (Å²) in [5.74, 6) is -0.341. The Kier molecular flexibility index (Phi) is 6.23. The average molecular weight is 447 g/mol. The molecular weight excluding hydrogens is 426 g/mol. The van der Waals surface area contributed by atoms with Gasteiger partial charge < -0.3 is 15.0 Å². The average Bonchev–Trinajstić information content (AvgIpc) is 2.65. The number of hydrogen-bond donors (Lipinski definition) is 1. The van der Waals surface area contributed by atoms with Gasteiger partial charge in [0.2, 0.25) is 0 Å². The third kappa shape index (κ3) is 4.84. The number of sulfone groups is 1. The van der Waals surface area contributed by atoms with Crippen molar-refractivity contribution in [2.75, 3.05) is 23.3 Å². The largest absolute Gasteiger partial charge is 0.501 e. The summed E-state index contributed by atoms with van der Waals surface area (Å²) in [6.07, 6.45) is 1.67. The molecular formula is C19H21F4N3O3S. The van der Waals surface area contributed by atoms with Gasteiger partial charge in [-0.2, -0.15) is 13.2 Å². The molecule has 11 heteroatoms. The molecule has 1 aromatic heterocycles. The monoisotopic (exact) mass is 447 g/mol. The van der Waals surface area contributed by atoms with Gasteiger partial charge in [-0.1, -0.05) is 6.07 Å². The summed E-state index contributed by atoms with van der Waals surface area (Å²) < 4.78 is 81.3. The number of halogens is 4. The number of pyridine rings is 1. The van der Waals surface area contributed by atoms with Crippen LogP contribution in [0.25, 0.3) is 0 Å². The summed E-state index contributed by atoms with van der Waals surface area (Å²) in [5.41, 5.74) is -5.26. The van der Waals surface area contributed by atoms with E-state index >= 15 is 0 Å². The number of nitrogens with one attached hydrogen (secondary N) is 1. The van der Waals surface area contributed by atoms with Crippen LogP contribution in [0.15, 0.2) is 41.4 Å². The fourth-order valence-corrected chi connectivity index (χ4v) is 4.21. The first-order valence-electron chi connectivity index (χ1n) is 9.17. The summed E-state index contributed by atoms with van der Waals surface area (Å²) in [6, 6.07) is 5.72. The van der Waals surface area contributed by atoms with Crippen LogP contribution in [0.2, 0.25) is 0 Å². The Balaban J connectivity index is 1.75. The normalized spacial score (nSPS) is 20.3. The van der Waals surface area contributed by atoms with Gasteiger partial charge in [0.15, 0.2) is 0 Å². The highest BCUT2D eigenvalue weighted by Gasteiger charge is 2.48. The molecule has 1 N–H and O–H groups in total. The lowest BCUT2D eigenvalue weighted by Gasteiger charge is -2.36. The second-order valence-electron chi connectivity index (χ2n) is 7.13. The van der Waals surface area contributed by atoms with Crippen LogP contribution in [-0.2, 0) is 21.1 Å². The Morgan fingerprint density at radius 2 is 1.83 bits per heavy atom. The fourth-order valence-electron chi connectivity index (χ4n) is 3.26. The molecule has 1 aliphatic heterocycles. The minimum atomic E-state index is -5.70. The smallest absolute Gasteiger partial charge is 0.380 e. The third-order valence-corrected chi connectivity index (χ3v) is 6.10. The van der Waals surface area contributed by atoms with Crippen molar-refractivity contribution in [3.8, 4) is 0 Å². The van der Waals surface area contributed by atoms with Gasteiger partial charge in [0, 0.05) is 25.8 Å². The highest BCUT2D eigenvalue weighted by Crippen LogP contribution is 2.35. The Morgan fingerprint density at radius 3 is 2.40 bits per heavy atom. The minimum absolute atomic E-state index is 0.00913. The summed E-state index contributed by atoms with van der Waals surface area (Å²) >= 11 is 0. The van der Waals surface area contributed by atoms with E-state index in [1.54, 1.807) is 18.3 Å². The van der Waals surface area contributed by atoms with E-state index in [9.17, 15) is 26.0 Å². The number of nitrogens with zero attached hydrogens (tertiary/aromatic N) is 2. The van der Waals surface area contributed by atoms with Gasteiger partial charge in [0.1, 0.15) is 16.5 Å². The molecule has 164 valence electrons. The van der Waals surface area contributed by atoms with Gasteiger partial charge in [0.25, 0.3) is 9.84 Å². The number of morpholine rings is 1. The Bertz CT molecular complexity index is 987. The molecule has 3 rings (SSSR count). The first-order valence-corrected chi connectivity index (χ1v) is 10.7. The third-order valence-electron chi connectivity index (χ3n) is 4.57. The van der Waals surface area contributed by atoms with Gasteiger partial charge in [-0.15, -0.1) is 0 Å². The first-order chi connectivity index (χ1) is 14.0. The molecule has 2 atom stereocenters. The van der Waals surface area contributed by atoms with E-state index in [-0.39, 0.29) is 24.4 Å². The predicted octanol–water partition coefficient (Wildman–Crippen LogP) is 3.74. The maximum absolute atomic E-state index is 13.4. The number of benzene rings is 1. The quantitative estimate of drug-likeness (QED) is 0.705. The molecule has 0 amide bonds. The van der Waals surface area contributed by atoms with E-state index in [2.05, 4.69) is 15.2 Å².